The van der Waals surface area contributed by atoms with Crippen LogP contribution in [0.5, 0.6) is 0 Å². The molecule has 2 saturated heterocycles. The van der Waals surface area contributed by atoms with Gasteiger partial charge < -0.3 is 10.2 Å². The highest BCUT2D eigenvalue weighted by Crippen LogP contribution is 2.23. The highest BCUT2D eigenvalue weighted by molar-refractivity contribution is 7.99. The number of piperazine rings is 1. The average molecular weight is 294 g/mol. The minimum Gasteiger partial charge on any atom is -0.339 e. The molecule has 0 aliphatic carbocycles. The zero-order valence-corrected chi connectivity index (χ0v) is 12.7. The second-order valence-corrected chi connectivity index (χ2v) is 6.21. The fraction of sp³-hybridized carbons (Fsp3) is 0.917. The van der Waals surface area contributed by atoms with Crippen molar-refractivity contribution in [1.82, 2.24) is 15.1 Å². The molecule has 2 heterocycles. The summed E-state index contributed by atoms with van der Waals surface area (Å²) in [6.07, 6.45) is 1.32. The number of carbonyl (C=O) groups is 1. The molecule has 0 aromatic heterocycles. The van der Waals surface area contributed by atoms with Crippen molar-refractivity contribution in [3.8, 4) is 0 Å². The molecular weight excluding hydrogens is 270 g/mol. The number of likely N-dealkylation sites (N-methyl/N-ethyl adjacent to an activating group) is 1. The van der Waals surface area contributed by atoms with Crippen molar-refractivity contribution in [2.24, 2.45) is 5.92 Å². The normalized spacial score (nSPS) is 24.1. The van der Waals surface area contributed by atoms with Crippen LogP contribution < -0.4 is 5.32 Å². The summed E-state index contributed by atoms with van der Waals surface area (Å²) in [7, 11) is 2.07. The van der Waals surface area contributed by atoms with Gasteiger partial charge in [-0.3, -0.25) is 9.69 Å². The van der Waals surface area contributed by atoms with Gasteiger partial charge in [0.05, 0.1) is 6.54 Å². The molecule has 0 spiro atoms. The van der Waals surface area contributed by atoms with Crippen LogP contribution in [0, 0.1) is 5.92 Å². The zero-order valence-electron chi connectivity index (χ0n) is 11.1. The van der Waals surface area contributed by atoms with Crippen LogP contribution in [-0.4, -0.2) is 73.5 Å². The van der Waals surface area contributed by atoms with E-state index in [1.54, 1.807) is 0 Å². The molecule has 18 heavy (non-hydrogen) atoms. The Morgan fingerprint density at radius 3 is 2.78 bits per heavy atom. The number of halogens is 1. The molecule has 4 nitrogen and oxygen atoms in total. The molecule has 2 fully saturated rings. The van der Waals surface area contributed by atoms with Gasteiger partial charge in [0.1, 0.15) is 0 Å². The van der Waals surface area contributed by atoms with Crippen molar-refractivity contribution in [1.29, 1.82) is 0 Å². The van der Waals surface area contributed by atoms with E-state index in [-0.39, 0.29) is 12.4 Å². The highest BCUT2D eigenvalue weighted by Gasteiger charge is 2.21. The molecule has 2 rings (SSSR count). The summed E-state index contributed by atoms with van der Waals surface area (Å²) in [5, 5.41) is 3.27. The molecule has 0 aromatic carbocycles. The van der Waals surface area contributed by atoms with Crippen molar-refractivity contribution in [2.75, 3.05) is 57.8 Å². The fourth-order valence-electron chi connectivity index (χ4n) is 2.48. The minimum absolute atomic E-state index is 0. The molecule has 0 aromatic rings. The van der Waals surface area contributed by atoms with Gasteiger partial charge in [0, 0.05) is 32.7 Å². The smallest absolute Gasteiger partial charge is 0.236 e. The third kappa shape index (κ3) is 4.96. The lowest BCUT2D eigenvalue weighted by Gasteiger charge is -2.29. The van der Waals surface area contributed by atoms with Gasteiger partial charge in [-0.15, -0.1) is 12.4 Å². The van der Waals surface area contributed by atoms with E-state index >= 15 is 0 Å². The molecular formula is C12H24ClN3OS. The largest absolute Gasteiger partial charge is 0.339 e. The maximum Gasteiger partial charge on any atom is 0.236 e. The number of thioether (sulfide) groups is 1. The topological polar surface area (TPSA) is 35.6 Å². The van der Waals surface area contributed by atoms with E-state index in [0.717, 1.165) is 38.6 Å². The molecule has 0 saturated carbocycles. The summed E-state index contributed by atoms with van der Waals surface area (Å²) in [6.45, 7) is 5.27. The van der Waals surface area contributed by atoms with Gasteiger partial charge in [-0.1, -0.05) is 0 Å². The molecule has 1 atom stereocenters. The molecule has 0 bridgehead atoms. The molecule has 6 heteroatoms. The molecule has 106 valence electrons. The number of amides is 1. The molecule has 2 aliphatic rings. The van der Waals surface area contributed by atoms with Gasteiger partial charge in [0.2, 0.25) is 5.91 Å². The summed E-state index contributed by atoms with van der Waals surface area (Å²) in [4.78, 5) is 16.2. The standard InChI is InChI=1S/C12H23N3OS.ClH/c1-14(8-11-2-7-17-10-11)9-12(16)15-5-3-13-4-6-15;/h11,13H,2-10H2,1H3;1H. The lowest BCUT2D eigenvalue weighted by atomic mass is 10.1. The monoisotopic (exact) mass is 293 g/mol. The predicted octanol–water partition coefficient (Wildman–Crippen LogP) is 0.525. The molecule has 0 radical (unpaired) electrons. The summed E-state index contributed by atoms with van der Waals surface area (Å²) < 4.78 is 0. The summed E-state index contributed by atoms with van der Waals surface area (Å²) in [5.41, 5.74) is 0. The molecule has 1 unspecified atom stereocenters. The maximum absolute atomic E-state index is 12.0. The number of hydrogen-bond donors (Lipinski definition) is 1. The van der Waals surface area contributed by atoms with Crippen molar-refractivity contribution >= 4 is 30.1 Å². The first kappa shape index (κ1) is 16.1. The third-order valence-corrected chi connectivity index (χ3v) is 4.70. The average Bonchev–Trinajstić information content (AvgIpc) is 2.82. The van der Waals surface area contributed by atoms with Gasteiger partial charge in [-0.05, 0) is 30.9 Å². The van der Waals surface area contributed by atoms with E-state index in [0.29, 0.717) is 12.5 Å². The first-order valence-electron chi connectivity index (χ1n) is 6.50. The number of nitrogens with zero attached hydrogens (tertiary/aromatic N) is 2. The first-order valence-corrected chi connectivity index (χ1v) is 7.66. The quantitative estimate of drug-likeness (QED) is 0.820. The first-order chi connectivity index (χ1) is 8.25. The van der Waals surface area contributed by atoms with Crippen molar-refractivity contribution in [2.45, 2.75) is 6.42 Å². The van der Waals surface area contributed by atoms with Crippen LogP contribution >= 0.6 is 24.2 Å². The van der Waals surface area contributed by atoms with Crippen LogP contribution in [0.25, 0.3) is 0 Å². The Morgan fingerprint density at radius 2 is 2.17 bits per heavy atom. The van der Waals surface area contributed by atoms with Crippen LogP contribution in [0.4, 0.5) is 0 Å². The van der Waals surface area contributed by atoms with E-state index in [1.165, 1.54) is 17.9 Å². The van der Waals surface area contributed by atoms with Crippen molar-refractivity contribution < 1.29 is 4.79 Å². The highest BCUT2D eigenvalue weighted by atomic mass is 35.5. The Balaban J connectivity index is 0.00000162. The summed E-state index contributed by atoms with van der Waals surface area (Å²) in [5.74, 6) is 3.65. The minimum atomic E-state index is 0. The zero-order chi connectivity index (χ0) is 12.1. The number of hydrogen-bond acceptors (Lipinski definition) is 4. The van der Waals surface area contributed by atoms with E-state index in [2.05, 4.69) is 17.3 Å². The summed E-state index contributed by atoms with van der Waals surface area (Å²) >= 11 is 2.04. The number of rotatable bonds is 4. The van der Waals surface area contributed by atoms with Crippen LogP contribution in [0.2, 0.25) is 0 Å². The van der Waals surface area contributed by atoms with E-state index < -0.39 is 0 Å². The third-order valence-electron chi connectivity index (χ3n) is 3.47. The summed E-state index contributed by atoms with van der Waals surface area (Å²) in [6, 6.07) is 0. The maximum atomic E-state index is 12.0. The lowest BCUT2D eigenvalue weighted by Crippen LogP contribution is -2.49. The SMILES string of the molecule is CN(CC(=O)N1CCNCC1)CC1CCSC1.Cl. The predicted molar refractivity (Wildman–Crippen MR) is 79.6 cm³/mol. The second kappa shape index (κ2) is 8.25. The second-order valence-electron chi connectivity index (χ2n) is 5.06. The Hall–Kier alpha value is 0.0300. The van der Waals surface area contributed by atoms with Crippen LogP contribution in [0.3, 0.4) is 0 Å². The van der Waals surface area contributed by atoms with Crippen LogP contribution in [0.15, 0.2) is 0 Å². The lowest BCUT2D eigenvalue weighted by molar-refractivity contribution is -0.132. The molecule has 1 N–H and O–H groups in total. The van der Waals surface area contributed by atoms with E-state index in [1.807, 2.05) is 16.7 Å². The Morgan fingerprint density at radius 1 is 1.44 bits per heavy atom. The van der Waals surface area contributed by atoms with Crippen molar-refractivity contribution in [3.05, 3.63) is 0 Å². The number of carbonyl (C=O) groups excluding carboxylic acids is 1. The Bertz CT molecular complexity index is 256. The van der Waals surface area contributed by atoms with E-state index in [9.17, 15) is 4.79 Å². The molecule has 2 aliphatic heterocycles. The van der Waals surface area contributed by atoms with E-state index in [4.69, 9.17) is 0 Å². The van der Waals surface area contributed by atoms with Gasteiger partial charge in [0.15, 0.2) is 0 Å². The van der Waals surface area contributed by atoms with Gasteiger partial charge in [-0.2, -0.15) is 11.8 Å². The van der Waals surface area contributed by atoms with Crippen LogP contribution in [0.1, 0.15) is 6.42 Å². The van der Waals surface area contributed by atoms with Gasteiger partial charge >= 0.3 is 0 Å². The van der Waals surface area contributed by atoms with Gasteiger partial charge in [-0.25, -0.2) is 0 Å². The fourth-order valence-corrected chi connectivity index (χ4v) is 3.75. The Kier molecular flexibility index (Phi) is 7.37. The number of nitrogens with one attached hydrogen (secondary N) is 1. The van der Waals surface area contributed by atoms with Crippen LogP contribution in [-0.2, 0) is 4.79 Å². The van der Waals surface area contributed by atoms with Crippen molar-refractivity contribution in [3.63, 3.8) is 0 Å². The van der Waals surface area contributed by atoms with Gasteiger partial charge in [0.25, 0.3) is 0 Å². The molecule has 1 amide bonds. The Labute approximate surface area is 120 Å².